The molecule has 11 heteroatoms. The Bertz CT molecular complexity index is 1990. The first-order valence-electron chi connectivity index (χ1n) is 12.5. The minimum Gasteiger partial charge on any atom is -0.382 e. The number of hydrogen-bond donors (Lipinski definition) is 2. The Labute approximate surface area is 242 Å². The van der Waals surface area contributed by atoms with Crippen molar-refractivity contribution >= 4 is 45.2 Å². The summed E-state index contributed by atoms with van der Waals surface area (Å²) in [6.07, 6.45) is 3.17. The summed E-state index contributed by atoms with van der Waals surface area (Å²) in [6, 6.07) is 16.1. The summed E-state index contributed by atoms with van der Waals surface area (Å²) in [5, 5.41) is 5.96. The number of nitrogen functional groups attached to an aromatic ring is 1. The molecule has 0 aliphatic rings. The first kappa shape index (κ1) is 26.1. The summed E-state index contributed by atoms with van der Waals surface area (Å²) >= 11 is 2.85. The maximum atomic E-state index is 14.1. The molecule has 9 nitrogen and oxygen atoms in total. The molecular weight excluding hydrogens is 555 g/mol. The molecule has 0 saturated carbocycles. The van der Waals surface area contributed by atoms with Crippen LogP contribution in [0.3, 0.4) is 0 Å². The molecule has 200 valence electrons. The van der Waals surface area contributed by atoms with E-state index in [2.05, 4.69) is 37.1 Å². The van der Waals surface area contributed by atoms with E-state index in [1.807, 2.05) is 60.0 Å². The lowest BCUT2D eigenvalue weighted by Crippen LogP contribution is -2.33. The van der Waals surface area contributed by atoms with Gasteiger partial charge in [0.25, 0.3) is 11.5 Å². The zero-order chi connectivity index (χ0) is 28.3. The van der Waals surface area contributed by atoms with Crippen molar-refractivity contribution in [1.82, 2.24) is 29.8 Å². The lowest BCUT2D eigenvalue weighted by molar-refractivity contribution is 0.0934. The molecule has 0 saturated heterocycles. The molecule has 1 atom stereocenters. The van der Waals surface area contributed by atoms with Crippen LogP contribution in [-0.4, -0.2) is 30.4 Å². The molecule has 2 aromatic carbocycles. The zero-order valence-electron chi connectivity index (χ0n) is 21.6. The quantitative estimate of drug-likeness (QED) is 0.282. The van der Waals surface area contributed by atoms with Gasteiger partial charge < -0.3 is 11.1 Å². The van der Waals surface area contributed by atoms with E-state index in [-0.39, 0.29) is 17.1 Å². The zero-order valence-corrected chi connectivity index (χ0v) is 23.2. The number of aromatic nitrogens is 5. The molecule has 6 aromatic rings. The number of carbonyl (C=O) groups excluding carboxylic acids is 1. The van der Waals surface area contributed by atoms with Gasteiger partial charge in [-0.1, -0.05) is 36.3 Å². The minimum absolute atomic E-state index is 0.00297. The lowest BCUT2D eigenvalue weighted by atomic mass is 10.0. The topological polar surface area (TPSA) is 129 Å². The number of nitrogens with zero attached hydrogens (tertiary/aromatic N) is 5. The average molecular weight is 576 g/mol. The van der Waals surface area contributed by atoms with Crippen molar-refractivity contribution in [3.8, 4) is 28.9 Å². The minimum atomic E-state index is -0.601. The van der Waals surface area contributed by atoms with Gasteiger partial charge in [0.05, 0.1) is 39.7 Å². The van der Waals surface area contributed by atoms with E-state index in [9.17, 15) is 9.59 Å². The Morgan fingerprint density at radius 2 is 1.88 bits per heavy atom. The molecule has 0 aliphatic carbocycles. The van der Waals surface area contributed by atoms with E-state index in [4.69, 9.17) is 5.73 Å². The van der Waals surface area contributed by atoms with Crippen molar-refractivity contribution in [2.24, 2.45) is 0 Å². The number of pyridine rings is 1. The third-order valence-corrected chi connectivity index (χ3v) is 7.62. The number of para-hydroxylation sites is 1. The van der Waals surface area contributed by atoms with Gasteiger partial charge in [-0.05, 0) is 42.5 Å². The normalized spacial score (nSPS) is 11.5. The number of thiazole rings is 2. The molecule has 0 fully saturated rings. The molecule has 6 rings (SSSR count). The molecule has 4 heterocycles. The largest absolute Gasteiger partial charge is 0.382 e. The molecule has 0 radical (unpaired) electrons. The molecule has 1 amide bonds. The summed E-state index contributed by atoms with van der Waals surface area (Å²) in [5.74, 6) is 5.71. The summed E-state index contributed by atoms with van der Waals surface area (Å²) in [6.45, 7) is 1.80. The third-order valence-electron chi connectivity index (χ3n) is 6.34. The van der Waals surface area contributed by atoms with Crippen LogP contribution in [-0.2, 0) is 0 Å². The highest BCUT2D eigenvalue weighted by Crippen LogP contribution is 2.24. The van der Waals surface area contributed by atoms with Crippen LogP contribution in [0.5, 0.6) is 0 Å². The number of rotatable bonds is 5. The first-order valence-corrected chi connectivity index (χ1v) is 14.3. The predicted molar refractivity (Wildman–Crippen MR) is 161 cm³/mol. The van der Waals surface area contributed by atoms with Gasteiger partial charge in [-0.25, -0.2) is 15.0 Å². The maximum absolute atomic E-state index is 14.1. The van der Waals surface area contributed by atoms with Crippen LogP contribution >= 0.6 is 22.7 Å². The van der Waals surface area contributed by atoms with Crippen molar-refractivity contribution in [1.29, 1.82) is 0 Å². The monoisotopic (exact) mass is 575 g/mol. The first-order chi connectivity index (χ1) is 20.0. The van der Waals surface area contributed by atoms with Gasteiger partial charge >= 0.3 is 0 Å². The number of carbonyl (C=O) groups is 1. The second-order valence-corrected chi connectivity index (χ2v) is 10.6. The third kappa shape index (κ3) is 5.21. The lowest BCUT2D eigenvalue weighted by Gasteiger charge is -2.21. The Morgan fingerprint density at radius 1 is 1.02 bits per heavy atom. The average Bonchev–Trinajstić information content (AvgIpc) is 3.72. The van der Waals surface area contributed by atoms with Crippen molar-refractivity contribution in [2.75, 3.05) is 5.73 Å². The molecule has 41 heavy (non-hydrogen) atoms. The van der Waals surface area contributed by atoms with E-state index in [1.165, 1.54) is 28.9 Å². The maximum Gasteiger partial charge on any atom is 0.274 e. The summed E-state index contributed by atoms with van der Waals surface area (Å²) in [7, 11) is 0. The van der Waals surface area contributed by atoms with Gasteiger partial charge in [0, 0.05) is 22.3 Å². The van der Waals surface area contributed by atoms with Gasteiger partial charge in [0.2, 0.25) is 0 Å². The highest BCUT2D eigenvalue weighted by atomic mass is 32.1. The molecule has 0 aliphatic heterocycles. The second-order valence-electron chi connectivity index (χ2n) is 8.99. The smallest absolute Gasteiger partial charge is 0.274 e. The van der Waals surface area contributed by atoms with Crippen LogP contribution in [0.25, 0.3) is 27.8 Å². The van der Waals surface area contributed by atoms with E-state index < -0.39 is 11.9 Å². The van der Waals surface area contributed by atoms with Crippen LogP contribution in [0.4, 0.5) is 5.82 Å². The molecule has 3 N–H and O–H groups in total. The summed E-state index contributed by atoms with van der Waals surface area (Å²) < 4.78 is 1.60. The highest BCUT2D eigenvalue weighted by Gasteiger charge is 2.22. The predicted octanol–water partition coefficient (Wildman–Crippen LogP) is 4.83. The van der Waals surface area contributed by atoms with E-state index >= 15 is 0 Å². The number of hydrogen-bond acceptors (Lipinski definition) is 9. The summed E-state index contributed by atoms with van der Waals surface area (Å²) in [5.41, 5.74) is 12.1. The fourth-order valence-corrected chi connectivity index (χ4v) is 5.43. The Kier molecular flexibility index (Phi) is 7.08. The Hall–Kier alpha value is -5.18. The van der Waals surface area contributed by atoms with Gasteiger partial charge in [-0.3, -0.25) is 19.1 Å². The SMILES string of the molecule is CC(NC(=O)c1nc(-c2cscn2)cnc1N)c1cc2cccc(C#Cc3cncs3)c2c(=O)n1-c1ccccc1. The van der Waals surface area contributed by atoms with Gasteiger partial charge in [0.15, 0.2) is 11.5 Å². The van der Waals surface area contributed by atoms with Crippen molar-refractivity contribution in [3.63, 3.8) is 0 Å². The van der Waals surface area contributed by atoms with Crippen LogP contribution < -0.4 is 16.6 Å². The molecular formula is C30H21N7O2S2. The van der Waals surface area contributed by atoms with Gasteiger partial charge in [-0.2, -0.15) is 0 Å². The number of anilines is 1. The van der Waals surface area contributed by atoms with Crippen LogP contribution in [0.1, 0.15) is 39.6 Å². The van der Waals surface area contributed by atoms with Crippen LogP contribution in [0, 0.1) is 11.8 Å². The molecule has 0 bridgehead atoms. The van der Waals surface area contributed by atoms with Crippen molar-refractivity contribution < 1.29 is 4.79 Å². The fraction of sp³-hybridized carbons (Fsp3) is 0.0667. The molecule has 1 unspecified atom stereocenters. The Balaban J connectivity index is 1.44. The van der Waals surface area contributed by atoms with Gasteiger partial charge in [0.1, 0.15) is 11.4 Å². The number of nitrogens with two attached hydrogens (primary N) is 1. The van der Waals surface area contributed by atoms with Crippen molar-refractivity contribution in [3.05, 3.63) is 116 Å². The molecule has 0 spiro atoms. The molecule has 4 aromatic heterocycles. The van der Waals surface area contributed by atoms with E-state index in [1.54, 1.807) is 28.7 Å². The number of fused-ring (bicyclic) bond motifs is 1. The van der Waals surface area contributed by atoms with Crippen molar-refractivity contribution in [2.45, 2.75) is 13.0 Å². The standard InChI is InChI=1S/C30H21N7O2S2/c1-18(35-29(38)27-28(31)33-14-23(36-27)24-15-40-17-34-24)25-12-20-7-5-6-19(10-11-22-13-32-16-41-22)26(20)30(39)37(25)21-8-3-2-4-9-21/h2-9,12-18H,1H3,(H2,31,33)(H,35,38). The second kappa shape index (κ2) is 11.1. The number of amides is 1. The van der Waals surface area contributed by atoms with Crippen LogP contribution in [0.2, 0.25) is 0 Å². The van der Waals surface area contributed by atoms with E-state index in [0.717, 1.165) is 4.88 Å². The van der Waals surface area contributed by atoms with E-state index in [0.29, 0.717) is 39.1 Å². The highest BCUT2D eigenvalue weighted by molar-refractivity contribution is 7.10. The van der Waals surface area contributed by atoms with Crippen LogP contribution in [0.15, 0.2) is 88.2 Å². The fourth-order valence-electron chi connectivity index (χ4n) is 4.42. The number of benzene rings is 2. The van der Waals surface area contributed by atoms with Gasteiger partial charge in [-0.15, -0.1) is 22.7 Å². The summed E-state index contributed by atoms with van der Waals surface area (Å²) in [4.78, 5) is 45.2. The Morgan fingerprint density at radius 3 is 2.63 bits per heavy atom. The number of nitrogens with one attached hydrogen (secondary N) is 1.